The summed E-state index contributed by atoms with van der Waals surface area (Å²) < 4.78 is 12.1. The van der Waals surface area contributed by atoms with E-state index in [1.54, 1.807) is 0 Å². The molecule has 28 heavy (non-hydrogen) atoms. The van der Waals surface area contributed by atoms with E-state index in [0.29, 0.717) is 25.2 Å². The minimum atomic E-state index is -0.463. The van der Waals surface area contributed by atoms with Crippen LogP contribution in [0.15, 0.2) is 30.3 Å². The molecule has 0 amide bonds. The van der Waals surface area contributed by atoms with Gasteiger partial charge in [-0.15, -0.1) is 0 Å². The summed E-state index contributed by atoms with van der Waals surface area (Å²) in [6.45, 7) is 2.90. The predicted molar refractivity (Wildman–Crippen MR) is 110 cm³/mol. The average molecular weight is 383 g/mol. The van der Waals surface area contributed by atoms with Crippen LogP contribution >= 0.6 is 0 Å². The topological polar surface area (TPSA) is 69.3 Å². The Labute approximate surface area is 170 Å². The second-order valence-electron chi connectivity index (χ2n) is 7.81. The molecule has 4 heteroatoms. The summed E-state index contributed by atoms with van der Waals surface area (Å²) in [7, 11) is 0. The summed E-state index contributed by atoms with van der Waals surface area (Å²) in [6.07, 6.45) is 11.7. The van der Waals surface area contributed by atoms with Gasteiger partial charge in [-0.05, 0) is 24.8 Å². The molecule has 1 aromatic rings. The van der Waals surface area contributed by atoms with Crippen molar-refractivity contribution in [2.24, 2.45) is 5.92 Å². The van der Waals surface area contributed by atoms with E-state index < -0.39 is 5.92 Å². The van der Waals surface area contributed by atoms with Crippen LogP contribution in [-0.2, 0) is 16.1 Å². The molecular formula is C24H34N2O2. The summed E-state index contributed by atoms with van der Waals surface area (Å²) in [5.74, 6) is -0.463. The smallest absolute Gasteiger partial charge is 0.133 e. The average Bonchev–Trinajstić information content (AvgIpc) is 3.47. The lowest BCUT2D eigenvalue weighted by atomic mass is 10.0. The molecule has 4 nitrogen and oxygen atoms in total. The van der Waals surface area contributed by atoms with E-state index in [1.807, 2.05) is 18.2 Å². The molecule has 1 aromatic carbocycles. The van der Waals surface area contributed by atoms with Gasteiger partial charge in [-0.3, -0.25) is 0 Å². The minimum absolute atomic E-state index is 0.258. The second-order valence-corrected chi connectivity index (χ2v) is 7.81. The van der Waals surface area contributed by atoms with Crippen LogP contribution in [0, 0.1) is 28.6 Å². The highest BCUT2D eigenvalue weighted by Crippen LogP contribution is 2.33. The Bertz CT molecular complexity index is 606. The minimum Gasteiger partial charge on any atom is -0.373 e. The maximum atomic E-state index is 8.81. The van der Waals surface area contributed by atoms with E-state index in [0.717, 1.165) is 32.1 Å². The quantitative estimate of drug-likeness (QED) is 0.279. The van der Waals surface area contributed by atoms with Gasteiger partial charge < -0.3 is 9.47 Å². The summed E-state index contributed by atoms with van der Waals surface area (Å²) in [6, 6.07) is 14.4. The summed E-state index contributed by atoms with van der Waals surface area (Å²) >= 11 is 0. The van der Waals surface area contributed by atoms with Crippen molar-refractivity contribution in [3.05, 3.63) is 35.9 Å². The largest absolute Gasteiger partial charge is 0.373 e. The molecule has 1 heterocycles. The third-order valence-corrected chi connectivity index (χ3v) is 5.43. The zero-order valence-electron chi connectivity index (χ0n) is 17.2. The van der Waals surface area contributed by atoms with E-state index >= 15 is 0 Å². The van der Waals surface area contributed by atoms with Crippen LogP contribution in [0.5, 0.6) is 0 Å². The van der Waals surface area contributed by atoms with Gasteiger partial charge in [0.15, 0.2) is 0 Å². The second kappa shape index (κ2) is 13.3. The lowest BCUT2D eigenvalue weighted by Gasteiger charge is -2.17. The number of benzene rings is 1. The van der Waals surface area contributed by atoms with Crippen molar-refractivity contribution in [3.63, 3.8) is 0 Å². The fourth-order valence-electron chi connectivity index (χ4n) is 3.61. The molecule has 0 spiro atoms. The fraction of sp³-hybridized carbons (Fsp3) is 0.667. The molecule has 1 aliphatic rings. The molecule has 0 bridgehead atoms. The number of rotatable bonds is 15. The van der Waals surface area contributed by atoms with Gasteiger partial charge in [-0.1, -0.05) is 75.8 Å². The molecular weight excluding hydrogens is 348 g/mol. The normalized spacial score (nSPS) is 19.1. The first-order valence-corrected chi connectivity index (χ1v) is 10.9. The molecule has 152 valence electrons. The van der Waals surface area contributed by atoms with Gasteiger partial charge in [0, 0.05) is 6.42 Å². The van der Waals surface area contributed by atoms with Gasteiger partial charge in [0.25, 0.3) is 0 Å². The molecule has 1 fully saturated rings. The Morgan fingerprint density at radius 3 is 2.43 bits per heavy atom. The van der Waals surface area contributed by atoms with Crippen molar-refractivity contribution >= 4 is 0 Å². The molecule has 1 aliphatic heterocycles. The van der Waals surface area contributed by atoms with Gasteiger partial charge in [0.1, 0.15) is 5.92 Å². The van der Waals surface area contributed by atoms with Gasteiger partial charge in [0.2, 0.25) is 0 Å². The molecule has 0 N–H and O–H groups in total. The third-order valence-electron chi connectivity index (χ3n) is 5.43. The Kier molecular flexibility index (Phi) is 10.7. The molecule has 0 aromatic heterocycles. The third kappa shape index (κ3) is 8.87. The lowest BCUT2D eigenvalue weighted by molar-refractivity contribution is 0.0231. The molecule has 0 unspecified atom stereocenters. The van der Waals surface area contributed by atoms with Gasteiger partial charge in [-0.25, -0.2) is 0 Å². The summed E-state index contributed by atoms with van der Waals surface area (Å²) in [5, 5.41) is 17.6. The number of nitrogens with zero attached hydrogens (tertiary/aromatic N) is 2. The highest BCUT2D eigenvalue weighted by Gasteiger charge is 2.39. The van der Waals surface area contributed by atoms with Crippen LogP contribution in [-0.4, -0.2) is 18.3 Å². The first-order valence-electron chi connectivity index (χ1n) is 10.9. The fourth-order valence-corrected chi connectivity index (χ4v) is 3.61. The van der Waals surface area contributed by atoms with Crippen molar-refractivity contribution in [2.45, 2.75) is 96.1 Å². The van der Waals surface area contributed by atoms with E-state index in [2.05, 4.69) is 31.2 Å². The Morgan fingerprint density at radius 1 is 0.964 bits per heavy atom. The number of epoxide rings is 1. The molecule has 0 saturated carbocycles. The number of hydrogen-bond donors (Lipinski definition) is 0. The lowest BCUT2D eigenvalue weighted by Crippen LogP contribution is -2.16. The number of hydrogen-bond acceptors (Lipinski definition) is 4. The first kappa shape index (κ1) is 22.4. The van der Waals surface area contributed by atoms with Crippen LogP contribution in [0.1, 0.15) is 76.7 Å². The Morgan fingerprint density at radius 2 is 1.71 bits per heavy atom. The molecule has 2 rings (SSSR count). The maximum absolute atomic E-state index is 8.81. The van der Waals surface area contributed by atoms with Crippen LogP contribution < -0.4 is 0 Å². The molecule has 1 saturated heterocycles. The van der Waals surface area contributed by atoms with Crippen LogP contribution in [0.2, 0.25) is 0 Å². The zero-order valence-corrected chi connectivity index (χ0v) is 17.2. The Balaban J connectivity index is 1.68. The molecule has 3 atom stereocenters. The Hall–Kier alpha value is -1.88. The van der Waals surface area contributed by atoms with E-state index in [-0.39, 0.29) is 6.10 Å². The summed E-state index contributed by atoms with van der Waals surface area (Å²) in [4.78, 5) is 0. The van der Waals surface area contributed by atoms with E-state index in [9.17, 15) is 0 Å². The molecule has 0 aliphatic carbocycles. The van der Waals surface area contributed by atoms with E-state index in [1.165, 1.54) is 31.2 Å². The monoisotopic (exact) mass is 382 g/mol. The van der Waals surface area contributed by atoms with Crippen LogP contribution in [0.4, 0.5) is 0 Å². The number of nitriles is 2. The van der Waals surface area contributed by atoms with Crippen molar-refractivity contribution in [1.82, 2.24) is 0 Å². The van der Waals surface area contributed by atoms with E-state index in [4.69, 9.17) is 20.0 Å². The maximum Gasteiger partial charge on any atom is 0.133 e. The number of ether oxygens (including phenoxy) is 2. The van der Waals surface area contributed by atoms with Crippen molar-refractivity contribution in [1.29, 1.82) is 10.5 Å². The molecule has 0 radical (unpaired) electrons. The standard InChI is InChI=1S/C24H34N2O2/c1-2-3-4-8-14-22(27-19-20-11-6-5-7-12-20)16-24-23(28-24)15-10-9-13-21(17-25)18-26/h5-7,11-12,21-24H,2-4,8-10,13-16,19H2,1H3/t22-,23+,24-/m0/s1. The highest BCUT2D eigenvalue weighted by molar-refractivity contribution is 5.13. The first-order chi connectivity index (χ1) is 13.8. The summed E-state index contributed by atoms with van der Waals surface area (Å²) in [5.41, 5.74) is 1.22. The van der Waals surface area contributed by atoms with Crippen molar-refractivity contribution in [2.75, 3.05) is 0 Å². The van der Waals surface area contributed by atoms with Gasteiger partial charge in [-0.2, -0.15) is 10.5 Å². The van der Waals surface area contributed by atoms with Crippen molar-refractivity contribution in [3.8, 4) is 12.1 Å². The predicted octanol–water partition coefficient (Wildman–Crippen LogP) is 5.92. The zero-order chi connectivity index (χ0) is 20.0. The van der Waals surface area contributed by atoms with Crippen molar-refractivity contribution < 1.29 is 9.47 Å². The SMILES string of the molecule is CCCCCC[C@@H](C[C@@H]1O[C@@H]1CCCCC(C#N)C#N)OCc1ccccc1. The van der Waals surface area contributed by atoms with Crippen LogP contribution in [0.25, 0.3) is 0 Å². The van der Waals surface area contributed by atoms with Gasteiger partial charge >= 0.3 is 0 Å². The van der Waals surface area contributed by atoms with Crippen LogP contribution in [0.3, 0.4) is 0 Å². The number of unbranched alkanes of at least 4 members (excludes halogenated alkanes) is 4. The highest BCUT2D eigenvalue weighted by atomic mass is 16.6. The van der Waals surface area contributed by atoms with Gasteiger partial charge in [0.05, 0.1) is 37.1 Å².